The third-order valence-electron chi connectivity index (χ3n) is 1.87. The zero-order valence-electron chi connectivity index (χ0n) is 5.58. The quantitative estimate of drug-likeness (QED) is 0.606. The Labute approximate surface area is 67.8 Å². The fourth-order valence-corrected chi connectivity index (χ4v) is 1.44. The highest BCUT2D eigenvalue weighted by atomic mass is 35.5. The van der Waals surface area contributed by atoms with Crippen LogP contribution in [0.25, 0.3) is 0 Å². The van der Waals surface area contributed by atoms with E-state index in [9.17, 15) is 9.59 Å². The first-order valence-corrected chi connectivity index (χ1v) is 3.48. The normalized spacial score (nSPS) is 35.9. The molecule has 2 N–H and O–H groups in total. The van der Waals surface area contributed by atoms with E-state index in [0.717, 1.165) is 0 Å². The van der Waals surface area contributed by atoms with Crippen LogP contribution in [0.1, 0.15) is 12.8 Å². The summed E-state index contributed by atoms with van der Waals surface area (Å²) in [7, 11) is 0. The van der Waals surface area contributed by atoms with Crippen molar-refractivity contribution in [3.05, 3.63) is 0 Å². The lowest BCUT2D eigenvalue weighted by Gasteiger charge is -2.36. The molecule has 0 heterocycles. The molecule has 0 radical (unpaired) electrons. The van der Waals surface area contributed by atoms with Crippen molar-refractivity contribution < 1.29 is 19.8 Å². The van der Waals surface area contributed by atoms with E-state index in [1.165, 1.54) is 0 Å². The largest absolute Gasteiger partial charge is 0.481 e. The number of rotatable bonds is 2. The van der Waals surface area contributed by atoms with Gasteiger partial charge in [-0.1, -0.05) is 0 Å². The number of carbonyl (C=O) groups is 2. The van der Waals surface area contributed by atoms with E-state index in [1.807, 2.05) is 0 Å². The van der Waals surface area contributed by atoms with Crippen LogP contribution in [-0.2, 0) is 9.59 Å². The van der Waals surface area contributed by atoms with Crippen molar-refractivity contribution in [1.82, 2.24) is 0 Å². The standard InChI is InChI=1S/C6H7ClO4/c7-6(5(10)11)1-3(2-6)4(8)9/h3H,1-2H2,(H,8,9)(H,10,11). The van der Waals surface area contributed by atoms with E-state index in [1.54, 1.807) is 0 Å². The fraction of sp³-hybridized carbons (Fsp3) is 0.667. The highest BCUT2D eigenvalue weighted by molar-refractivity contribution is 6.34. The van der Waals surface area contributed by atoms with Gasteiger partial charge in [-0.05, 0) is 12.8 Å². The molecule has 1 fully saturated rings. The van der Waals surface area contributed by atoms with Crippen LogP contribution in [0.5, 0.6) is 0 Å². The average molecular weight is 179 g/mol. The molecule has 0 bridgehead atoms. The van der Waals surface area contributed by atoms with E-state index in [0.29, 0.717) is 0 Å². The predicted molar refractivity (Wildman–Crippen MR) is 36.6 cm³/mol. The molecule has 0 spiro atoms. The molecule has 0 unspecified atom stereocenters. The Morgan fingerprint density at radius 2 is 1.82 bits per heavy atom. The first kappa shape index (κ1) is 8.33. The maximum Gasteiger partial charge on any atom is 0.324 e. The SMILES string of the molecule is O=C(O)C1CC(Cl)(C(=O)O)C1. The highest BCUT2D eigenvalue weighted by Crippen LogP contribution is 2.43. The smallest absolute Gasteiger partial charge is 0.324 e. The van der Waals surface area contributed by atoms with E-state index in [-0.39, 0.29) is 12.8 Å². The number of carboxylic acids is 2. The van der Waals surface area contributed by atoms with Crippen LogP contribution in [0.2, 0.25) is 0 Å². The van der Waals surface area contributed by atoms with Gasteiger partial charge in [-0.3, -0.25) is 9.59 Å². The number of hydrogen-bond donors (Lipinski definition) is 2. The van der Waals surface area contributed by atoms with Gasteiger partial charge < -0.3 is 10.2 Å². The van der Waals surface area contributed by atoms with Crippen LogP contribution >= 0.6 is 11.6 Å². The Bertz CT molecular complexity index is 207. The molecule has 4 nitrogen and oxygen atoms in total. The van der Waals surface area contributed by atoms with Gasteiger partial charge in [0.15, 0.2) is 0 Å². The van der Waals surface area contributed by atoms with Crippen molar-refractivity contribution in [2.45, 2.75) is 17.7 Å². The topological polar surface area (TPSA) is 74.6 Å². The number of aliphatic carboxylic acids is 2. The molecule has 0 atom stereocenters. The third kappa shape index (κ3) is 1.30. The Balaban J connectivity index is 2.50. The zero-order chi connectivity index (χ0) is 8.65. The molecule has 0 aliphatic heterocycles. The number of hydrogen-bond acceptors (Lipinski definition) is 2. The van der Waals surface area contributed by atoms with Gasteiger partial charge in [0.2, 0.25) is 0 Å². The monoisotopic (exact) mass is 178 g/mol. The van der Waals surface area contributed by atoms with Gasteiger partial charge in [0.25, 0.3) is 0 Å². The van der Waals surface area contributed by atoms with Crippen LogP contribution in [0, 0.1) is 5.92 Å². The average Bonchev–Trinajstić information content (AvgIpc) is 1.79. The van der Waals surface area contributed by atoms with Crippen molar-refractivity contribution in [1.29, 1.82) is 0 Å². The van der Waals surface area contributed by atoms with Gasteiger partial charge in [-0.2, -0.15) is 0 Å². The van der Waals surface area contributed by atoms with Crippen molar-refractivity contribution in [3.63, 3.8) is 0 Å². The lowest BCUT2D eigenvalue weighted by molar-refractivity contribution is -0.152. The van der Waals surface area contributed by atoms with Crippen molar-refractivity contribution in [3.8, 4) is 0 Å². The summed E-state index contributed by atoms with van der Waals surface area (Å²) < 4.78 is 0. The summed E-state index contributed by atoms with van der Waals surface area (Å²) in [6, 6.07) is 0. The first-order chi connectivity index (χ1) is 4.96. The maximum atomic E-state index is 10.3. The summed E-state index contributed by atoms with van der Waals surface area (Å²) in [4.78, 5) is 19.3. The third-order valence-corrected chi connectivity index (χ3v) is 2.34. The molecule has 62 valence electrons. The van der Waals surface area contributed by atoms with Crippen LogP contribution in [0.15, 0.2) is 0 Å². The molecule has 1 saturated carbocycles. The maximum absolute atomic E-state index is 10.3. The fourth-order valence-electron chi connectivity index (χ4n) is 1.07. The second kappa shape index (κ2) is 2.37. The summed E-state index contributed by atoms with van der Waals surface area (Å²) in [5.41, 5.74) is 0. The van der Waals surface area contributed by atoms with Crippen LogP contribution in [-0.4, -0.2) is 27.0 Å². The van der Waals surface area contributed by atoms with E-state index >= 15 is 0 Å². The molecule has 0 aromatic rings. The highest BCUT2D eigenvalue weighted by Gasteiger charge is 2.51. The molecule has 0 aromatic heterocycles. The summed E-state index contributed by atoms with van der Waals surface area (Å²) in [5.74, 6) is -2.68. The molecular weight excluding hydrogens is 172 g/mol. The van der Waals surface area contributed by atoms with Crippen LogP contribution in [0.4, 0.5) is 0 Å². The summed E-state index contributed by atoms with van der Waals surface area (Å²) in [6.45, 7) is 0. The molecule has 0 aromatic carbocycles. The molecule has 11 heavy (non-hydrogen) atoms. The predicted octanol–water partition coefficient (Wildman–Crippen LogP) is 0.543. The number of carboxylic acid groups (broad SMARTS) is 2. The minimum Gasteiger partial charge on any atom is -0.481 e. The molecule has 1 aliphatic carbocycles. The first-order valence-electron chi connectivity index (χ1n) is 3.11. The Morgan fingerprint density at radius 3 is 2.09 bits per heavy atom. The zero-order valence-corrected chi connectivity index (χ0v) is 6.34. The number of alkyl halides is 1. The van der Waals surface area contributed by atoms with E-state index in [2.05, 4.69) is 0 Å². The molecule has 1 rings (SSSR count). The van der Waals surface area contributed by atoms with Gasteiger partial charge in [-0.15, -0.1) is 11.6 Å². The van der Waals surface area contributed by atoms with Crippen molar-refractivity contribution in [2.24, 2.45) is 5.92 Å². The van der Waals surface area contributed by atoms with Crippen molar-refractivity contribution in [2.75, 3.05) is 0 Å². The molecule has 1 aliphatic rings. The van der Waals surface area contributed by atoms with E-state index in [4.69, 9.17) is 21.8 Å². The number of halogens is 1. The summed E-state index contributed by atoms with van der Waals surface area (Å²) in [6.07, 6.45) is 0.0540. The second-order valence-electron chi connectivity index (χ2n) is 2.71. The second-order valence-corrected chi connectivity index (χ2v) is 3.44. The molecule has 5 heteroatoms. The Kier molecular flexibility index (Phi) is 1.80. The van der Waals surface area contributed by atoms with Gasteiger partial charge in [0, 0.05) is 0 Å². The Hall–Kier alpha value is -0.770. The van der Waals surface area contributed by atoms with Gasteiger partial charge >= 0.3 is 11.9 Å². The Morgan fingerprint density at radius 1 is 1.36 bits per heavy atom. The minimum absolute atomic E-state index is 0.0270. The molecule has 0 amide bonds. The lowest BCUT2D eigenvalue weighted by Crippen LogP contribution is -2.48. The minimum atomic E-state index is -1.32. The van der Waals surface area contributed by atoms with E-state index < -0.39 is 22.7 Å². The van der Waals surface area contributed by atoms with Gasteiger partial charge in [-0.25, -0.2) is 0 Å². The van der Waals surface area contributed by atoms with Crippen molar-refractivity contribution >= 4 is 23.5 Å². The van der Waals surface area contributed by atoms with Gasteiger partial charge in [0.1, 0.15) is 4.87 Å². The van der Waals surface area contributed by atoms with Crippen LogP contribution in [0.3, 0.4) is 0 Å². The molecular formula is C6H7ClO4. The summed E-state index contributed by atoms with van der Waals surface area (Å²) >= 11 is 5.52. The lowest BCUT2D eigenvalue weighted by atomic mass is 9.74. The van der Waals surface area contributed by atoms with Crippen LogP contribution < -0.4 is 0 Å². The molecule has 0 saturated heterocycles. The van der Waals surface area contributed by atoms with Gasteiger partial charge in [0.05, 0.1) is 5.92 Å². The summed E-state index contributed by atoms with van der Waals surface area (Å²) in [5, 5.41) is 16.9.